The molecular formula is C19H23N5O2. The third-order valence-electron chi connectivity index (χ3n) is 4.86. The molecule has 7 nitrogen and oxygen atoms in total. The standard InChI is InChI=1S/C19H23N5O2/c1-26-19(25)18-7-5-16(22-18)12-24-8-2-3-15(11-24)21-14-4-6-17-13(9-14)10-20-23-17/h4-7,9-10,15,21-22H,2-3,8,11-12H2,1H3,(H,20,23). The molecule has 0 bridgehead atoms. The van der Waals surface area contributed by atoms with Gasteiger partial charge in [0.25, 0.3) is 0 Å². The van der Waals surface area contributed by atoms with Crippen LogP contribution in [0.25, 0.3) is 10.9 Å². The number of rotatable bonds is 5. The highest BCUT2D eigenvalue weighted by atomic mass is 16.5. The predicted molar refractivity (Wildman–Crippen MR) is 100 cm³/mol. The molecule has 1 atom stereocenters. The number of nitrogens with one attached hydrogen (secondary N) is 3. The summed E-state index contributed by atoms with van der Waals surface area (Å²) in [4.78, 5) is 17.1. The lowest BCUT2D eigenvalue weighted by molar-refractivity contribution is 0.0594. The number of aromatic amines is 2. The summed E-state index contributed by atoms with van der Waals surface area (Å²) in [5.41, 5.74) is 3.71. The van der Waals surface area contributed by atoms with Crippen molar-refractivity contribution in [2.75, 3.05) is 25.5 Å². The van der Waals surface area contributed by atoms with Crippen LogP contribution in [-0.2, 0) is 11.3 Å². The van der Waals surface area contributed by atoms with E-state index < -0.39 is 0 Å². The third kappa shape index (κ3) is 3.57. The van der Waals surface area contributed by atoms with Gasteiger partial charge in [0.15, 0.2) is 0 Å². The molecule has 1 saturated heterocycles. The third-order valence-corrected chi connectivity index (χ3v) is 4.86. The van der Waals surface area contributed by atoms with Gasteiger partial charge in [-0.25, -0.2) is 4.79 Å². The molecule has 0 amide bonds. The van der Waals surface area contributed by atoms with E-state index in [1.165, 1.54) is 7.11 Å². The Morgan fingerprint density at radius 1 is 1.38 bits per heavy atom. The van der Waals surface area contributed by atoms with E-state index in [-0.39, 0.29) is 5.97 Å². The van der Waals surface area contributed by atoms with Crippen LogP contribution in [-0.4, -0.2) is 52.3 Å². The second kappa shape index (κ2) is 7.21. The minimum atomic E-state index is -0.330. The highest BCUT2D eigenvalue weighted by Gasteiger charge is 2.20. The largest absolute Gasteiger partial charge is 0.464 e. The molecule has 1 aromatic carbocycles. The van der Waals surface area contributed by atoms with Gasteiger partial charge in [0.1, 0.15) is 5.69 Å². The van der Waals surface area contributed by atoms with Crippen molar-refractivity contribution in [2.45, 2.75) is 25.4 Å². The average Bonchev–Trinajstić information content (AvgIpc) is 3.30. The number of H-pyrrole nitrogens is 2. The number of fused-ring (bicyclic) bond motifs is 1. The second-order valence-electron chi connectivity index (χ2n) is 6.78. The number of benzene rings is 1. The van der Waals surface area contributed by atoms with Crippen LogP contribution in [0.4, 0.5) is 5.69 Å². The number of methoxy groups -OCH3 is 1. The Hall–Kier alpha value is -2.80. The molecule has 3 aromatic rings. The fraction of sp³-hybridized carbons (Fsp3) is 0.368. The van der Waals surface area contributed by atoms with Gasteiger partial charge in [-0.1, -0.05) is 0 Å². The number of carbonyl (C=O) groups is 1. The van der Waals surface area contributed by atoms with E-state index in [9.17, 15) is 4.79 Å². The lowest BCUT2D eigenvalue weighted by Crippen LogP contribution is -2.41. The first-order valence-electron chi connectivity index (χ1n) is 8.89. The van der Waals surface area contributed by atoms with Crippen LogP contribution in [0, 0.1) is 0 Å². The van der Waals surface area contributed by atoms with Crippen molar-refractivity contribution in [2.24, 2.45) is 0 Å². The summed E-state index contributed by atoms with van der Waals surface area (Å²) in [6.07, 6.45) is 4.14. The van der Waals surface area contributed by atoms with Gasteiger partial charge in [-0.2, -0.15) is 5.10 Å². The van der Waals surface area contributed by atoms with E-state index in [0.717, 1.165) is 54.8 Å². The molecule has 3 heterocycles. The minimum absolute atomic E-state index is 0.330. The molecule has 0 spiro atoms. The molecule has 0 saturated carbocycles. The number of esters is 1. The Kier molecular flexibility index (Phi) is 4.62. The van der Waals surface area contributed by atoms with Crippen LogP contribution in [0.5, 0.6) is 0 Å². The van der Waals surface area contributed by atoms with Gasteiger partial charge < -0.3 is 15.0 Å². The molecule has 1 aliphatic rings. The number of carbonyl (C=O) groups excluding carboxylic acids is 1. The number of anilines is 1. The molecule has 26 heavy (non-hydrogen) atoms. The van der Waals surface area contributed by atoms with E-state index in [2.05, 4.69) is 43.6 Å². The molecule has 2 aromatic heterocycles. The van der Waals surface area contributed by atoms with Crippen molar-refractivity contribution >= 4 is 22.6 Å². The molecule has 136 valence electrons. The zero-order valence-electron chi connectivity index (χ0n) is 14.8. The lowest BCUT2D eigenvalue weighted by atomic mass is 10.0. The summed E-state index contributed by atoms with van der Waals surface area (Å²) in [5.74, 6) is -0.330. The van der Waals surface area contributed by atoms with Crippen molar-refractivity contribution in [3.63, 3.8) is 0 Å². The number of ether oxygens (including phenoxy) is 1. The Bertz CT molecular complexity index is 900. The van der Waals surface area contributed by atoms with Gasteiger partial charge in [0.05, 0.1) is 18.8 Å². The molecule has 1 unspecified atom stereocenters. The molecule has 3 N–H and O–H groups in total. The molecule has 0 radical (unpaired) electrons. The average molecular weight is 353 g/mol. The first kappa shape index (κ1) is 16.7. The van der Waals surface area contributed by atoms with Crippen LogP contribution in [0.1, 0.15) is 29.0 Å². The van der Waals surface area contributed by atoms with Crippen molar-refractivity contribution in [3.05, 3.63) is 47.9 Å². The summed E-state index contributed by atoms with van der Waals surface area (Å²) < 4.78 is 4.75. The summed E-state index contributed by atoms with van der Waals surface area (Å²) >= 11 is 0. The maximum atomic E-state index is 11.6. The summed E-state index contributed by atoms with van der Waals surface area (Å²) in [7, 11) is 1.39. The number of hydrogen-bond donors (Lipinski definition) is 3. The lowest BCUT2D eigenvalue weighted by Gasteiger charge is -2.33. The SMILES string of the molecule is COC(=O)c1ccc(CN2CCCC(Nc3ccc4[nH]ncc4c3)C2)[nH]1. The Labute approximate surface area is 151 Å². The molecule has 7 heteroatoms. The number of piperidine rings is 1. The zero-order chi connectivity index (χ0) is 17.9. The topological polar surface area (TPSA) is 86.0 Å². The fourth-order valence-corrected chi connectivity index (χ4v) is 3.59. The van der Waals surface area contributed by atoms with Crippen molar-refractivity contribution in [3.8, 4) is 0 Å². The van der Waals surface area contributed by atoms with Crippen molar-refractivity contribution in [1.82, 2.24) is 20.1 Å². The predicted octanol–water partition coefficient (Wildman–Crippen LogP) is 2.75. The van der Waals surface area contributed by atoms with Gasteiger partial charge in [0, 0.05) is 35.9 Å². The first-order valence-corrected chi connectivity index (χ1v) is 8.89. The van der Waals surface area contributed by atoms with E-state index in [4.69, 9.17) is 4.74 Å². The monoisotopic (exact) mass is 353 g/mol. The smallest absolute Gasteiger partial charge is 0.354 e. The molecular weight excluding hydrogens is 330 g/mol. The van der Waals surface area contributed by atoms with Crippen molar-refractivity contribution < 1.29 is 9.53 Å². The van der Waals surface area contributed by atoms with E-state index in [0.29, 0.717) is 11.7 Å². The zero-order valence-corrected chi connectivity index (χ0v) is 14.8. The number of hydrogen-bond acceptors (Lipinski definition) is 5. The van der Waals surface area contributed by atoms with E-state index in [1.807, 2.05) is 12.3 Å². The van der Waals surface area contributed by atoms with Crippen LogP contribution < -0.4 is 5.32 Å². The van der Waals surface area contributed by atoms with Crippen LogP contribution in [0.15, 0.2) is 36.5 Å². The second-order valence-corrected chi connectivity index (χ2v) is 6.78. The van der Waals surface area contributed by atoms with Crippen LogP contribution >= 0.6 is 0 Å². The fourth-order valence-electron chi connectivity index (χ4n) is 3.59. The van der Waals surface area contributed by atoms with Crippen LogP contribution in [0.3, 0.4) is 0 Å². The van der Waals surface area contributed by atoms with Gasteiger partial charge in [-0.3, -0.25) is 10.00 Å². The molecule has 1 fully saturated rings. The Balaban J connectivity index is 1.37. The van der Waals surface area contributed by atoms with E-state index in [1.54, 1.807) is 6.07 Å². The summed E-state index contributed by atoms with van der Waals surface area (Å²) in [6, 6.07) is 10.4. The van der Waals surface area contributed by atoms with Crippen molar-refractivity contribution in [1.29, 1.82) is 0 Å². The summed E-state index contributed by atoms with van der Waals surface area (Å²) in [6.45, 7) is 2.83. The minimum Gasteiger partial charge on any atom is -0.464 e. The van der Waals surface area contributed by atoms with Crippen LogP contribution in [0.2, 0.25) is 0 Å². The molecule has 0 aliphatic carbocycles. The normalized spacial score (nSPS) is 18.1. The highest BCUT2D eigenvalue weighted by molar-refractivity contribution is 5.87. The quantitative estimate of drug-likeness (QED) is 0.614. The number of aromatic nitrogens is 3. The maximum Gasteiger partial charge on any atom is 0.354 e. The van der Waals surface area contributed by atoms with Gasteiger partial charge in [-0.15, -0.1) is 0 Å². The van der Waals surface area contributed by atoms with Gasteiger partial charge in [-0.05, 0) is 49.7 Å². The van der Waals surface area contributed by atoms with Gasteiger partial charge in [0.2, 0.25) is 0 Å². The summed E-state index contributed by atoms with van der Waals surface area (Å²) in [5, 5.41) is 11.8. The number of likely N-dealkylation sites (tertiary alicyclic amines) is 1. The Morgan fingerprint density at radius 3 is 3.19 bits per heavy atom. The first-order chi connectivity index (χ1) is 12.7. The maximum absolute atomic E-state index is 11.6. The highest BCUT2D eigenvalue weighted by Crippen LogP contribution is 2.21. The Morgan fingerprint density at radius 2 is 2.31 bits per heavy atom. The van der Waals surface area contributed by atoms with Gasteiger partial charge >= 0.3 is 5.97 Å². The number of nitrogens with zero attached hydrogens (tertiary/aromatic N) is 2. The molecule has 4 rings (SSSR count). The van der Waals surface area contributed by atoms with E-state index >= 15 is 0 Å². The molecule has 1 aliphatic heterocycles.